The number of nitrogens with zero attached hydrogens (tertiary/aromatic N) is 4. The van der Waals surface area contributed by atoms with E-state index in [-0.39, 0.29) is 10.1 Å². The molecule has 30 heavy (non-hydrogen) atoms. The van der Waals surface area contributed by atoms with Crippen LogP contribution in [0.2, 0.25) is 5.02 Å². The Hall–Kier alpha value is -3.93. The lowest BCUT2D eigenvalue weighted by atomic mass is 9.95. The second-order valence-corrected chi connectivity index (χ2v) is 6.69. The maximum absolute atomic E-state index is 12.7. The first-order valence-corrected chi connectivity index (χ1v) is 8.91. The van der Waals surface area contributed by atoms with Crippen LogP contribution in [0.15, 0.2) is 35.6 Å². The van der Waals surface area contributed by atoms with Gasteiger partial charge in [0.15, 0.2) is 5.13 Å². The number of rotatable bonds is 6. The molecular formula is C15H11ClN8O5S. The number of hydrazone groups is 1. The largest absolute Gasteiger partial charge is 0.345 e. The molecule has 15 heteroatoms. The van der Waals surface area contributed by atoms with Gasteiger partial charge in [-0.2, -0.15) is 10.4 Å². The molecule has 0 aliphatic heterocycles. The second-order valence-electron chi connectivity index (χ2n) is 5.24. The third-order valence-corrected chi connectivity index (χ3v) is 4.46. The van der Waals surface area contributed by atoms with Gasteiger partial charge >= 0.3 is 16.8 Å². The van der Waals surface area contributed by atoms with Crippen molar-refractivity contribution in [2.24, 2.45) is 10.9 Å². The van der Waals surface area contributed by atoms with Gasteiger partial charge in [0, 0.05) is 5.02 Å². The lowest BCUT2D eigenvalue weighted by molar-refractivity contribution is -0.380. The molecule has 0 radical (unpaired) electrons. The van der Waals surface area contributed by atoms with Crippen LogP contribution in [0.1, 0.15) is 11.5 Å². The first kappa shape index (κ1) is 22.4. The highest BCUT2D eigenvalue weighted by Crippen LogP contribution is 2.26. The molecule has 1 aromatic heterocycles. The summed E-state index contributed by atoms with van der Waals surface area (Å²) in [5, 5.41) is 26.1. The normalized spacial score (nSPS) is 11.7. The highest BCUT2D eigenvalue weighted by atomic mass is 35.5. The molecule has 0 aliphatic carbocycles. The van der Waals surface area contributed by atoms with Gasteiger partial charge in [0.2, 0.25) is 0 Å². The number of anilines is 1. The summed E-state index contributed by atoms with van der Waals surface area (Å²) < 4.78 is 0. The van der Waals surface area contributed by atoms with Crippen molar-refractivity contribution < 1.29 is 19.3 Å². The van der Waals surface area contributed by atoms with Crippen LogP contribution in [0.5, 0.6) is 0 Å². The number of benzene rings is 1. The molecule has 0 aliphatic rings. The summed E-state index contributed by atoms with van der Waals surface area (Å²) in [6.07, 6.45) is 0.936. The Morgan fingerprint density at radius 3 is 2.47 bits per heavy atom. The summed E-state index contributed by atoms with van der Waals surface area (Å²) in [7, 11) is 0. The first-order chi connectivity index (χ1) is 14.3. The number of nitrogens with two attached hydrogens (primary N) is 1. The van der Waals surface area contributed by atoms with Crippen LogP contribution in [-0.2, 0) is 14.4 Å². The summed E-state index contributed by atoms with van der Waals surface area (Å²) in [4.78, 5) is 49.3. The van der Waals surface area contributed by atoms with Crippen molar-refractivity contribution >= 4 is 56.5 Å². The monoisotopic (exact) mass is 450 g/mol. The van der Waals surface area contributed by atoms with Gasteiger partial charge in [-0.15, -0.1) is 0 Å². The summed E-state index contributed by atoms with van der Waals surface area (Å²) in [6.45, 7) is 0. The van der Waals surface area contributed by atoms with Gasteiger partial charge in [0.1, 0.15) is 17.8 Å². The van der Waals surface area contributed by atoms with E-state index in [4.69, 9.17) is 17.4 Å². The zero-order valence-corrected chi connectivity index (χ0v) is 16.2. The molecule has 1 atom stereocenters. The van der Waals surface area contributed by atoms with Gasteiger partial charge in [-0.05, 0) is 29.0 Å². The third kappa shape index (κ3) is 5.54. The summed E-state index contributed by atoms with van der Waals surface area (Å²) >= 11 is 6.39. The van der Waals surface area contributed by atoms with Crippen LogP contribution >= 0.6 is 22.9 Å². The smallest absolute Gasteiger partial charge is 0.296 e. The highest BCUT2D eigenvalue weighted by Gasteiger charge is 2.27. The van der Waals surface area contributed by atoms with Gasteiger partial charge in [0.25, 0.3) is 5.91 Å². The van der Waals surface area contributed by atoms with E-state index in [1.165, 1.54) is 24.3 Å². The minimum atomic E-state index is -1.29. The molecule has 1 aromatic carbocycles. The van der Waals surface area contributed by atoms with Crippen molar-refractivity contribution in [3.8, 4) is 6.07 Å². The topological polar surface area (TPSA) is 206 Å². The van der Waals surface area contributed by atoms with Crippen LogP contribution < -0.4 is 22.0 Å². The number of nitrogens with one attached hydrogen (secondary N) is 3. The van der Waals surface area contributed by atoms with Gasteiger partial charge in [-0.25, -0.2) is 16.3 Å². The molecule has 0 saturated carbocycles. The van der Waals surface area contributed by atoms with Gasteiger partial charge in [-0.1, -0.05) is 23.7 Å². The quantitative estimate of drug-likeness (QED) is 0.121. The lowest BCUT2D eigenvalue weighted by Crippen LogP contribution is -2.42. The fraction of sp³-hybridized carbons (Fsp3) is 0.0667. The van der Waals surface area contributed by atoms with E-state index in [1.807, 2.05) is 11.5 Å². The predicted molar refractivity (Wildman–Crippen MR) is 105 cm³/mol. The number of hydrogen-bond acceptors (Lipinski definition) is 10. The number of hydrogen-bond donors (Lipinski definition) is 4. The molecule has 0 bridgehead atoms. The van der Waals surface area contributed by atoms with Gasteiger partial charge in [0.05, 0.1) is 11.0 Å². The number of hydrazine groups is 1. The average molecular weight is 451 g/mol. The average Bonchev–Trinajstić information content (AvgIpc) is 3.19. The summed E-state index contributed by atoms with van der Waals surface area (Å²) in [5.41, 5.74) is 3.18. The molecule has 5 N–H and O–H groups in total. The number of amides is 3. The molecule has 2 aromatic rings. The van der Waals surface area contributed by atoms with Crippen molar-refractivity contribution in [3.63, 3.8) is 0 Å². The Bertz CT molecular complexity index is 1060. The van der Waals surface area contributed by atoms with Crippen molar-refractivity contribution in [2.45, 2.75) is 5.92 Å². The lowest BCUT2D eigenvalue weighted by Gasteiger charge is -2.12. The molecule has 0 spiro atoms. The maximum atomic E-state index is 12.7. The van der Waals surface area contributed by atoms with E-state index in [9.17, 15) is 29.8 Å². The SMILES string of the molecule is N#CC(/C(=N/NC(=O)C(=O)NN)C(=O)Nc1ncc([N+](=O)[O-])s1)c1ccc(Cl)cc1. The van der Waals surface area contributed by atoms with Gasteiger partial charge in [-0.3, -0.25) is 35.2 Å². The van der Waals surface area contributed by atoms with Gasteiger partial charge < -0.3 is 0 Å². The zero-order chi connectivity index (χ0) is 22.3. The van der Waals surface area contributed by atoms with E-state index < -0.39 is 34.3 Å². The predicted octanol–water partition coefficient (Wildman–Crippen LogP) is 0.413. The molecule has 1 unspecified atom stereocenters. The molecule has 1 heterocycles. The van der Waals surface area contributed by atoms with Crippen LogP contribution in [0.25, 0.3) is 0 Å². The summed E-state index contributed by atoms with van der Waals surface area (Å²) in [5.74, 6) is 0.0269. The number of nitriles is 1. The van der Waals surface area contributed by atoms with E-state index in [0.29, 0.717) is 21.9 Å². The molecular weight excluding hydrogens is 440 g/mol. The van der Waals surface area contributed by atoms with Crippen molar-refractivity contribution in [1.29, 1.82) is 5.26 Å². The third-order valence-electron chi connectivity index (χ3n) is 3.35. The molecule has 13 nitrogen and oxygen atoms in total. The van der Waals surface area contributed by atoms with Crippen LogP contribution in [-0.4, -0.2) is 33.3 Å². The minimum Gasteiger partial charge on any atom is -0.296 e. The fourth-order valence-corrected chi connectivity index (χ4v) is 2.74. The van der Waals surface area contributed by atoms with Crippen molar-refractivity contribution in [1.82, 2.24) is 15.8 Å². The minimum absolute atomic E-state index is 0.141. The van der Waals surface area contributed by atoms with Crippen LogP contribution in [0, 0.1) is 21.4 Å². The standard InChI is InChI=1S/C15H11ClN8O5S/c16-8-3-1-7(2-4-8)9(5-17)11(22-23-14(27)13(26)21-18)12(25)20-15-19-6-10(30-15)24(28)29/h1-4,6,9H,18H2,(H,21,26)(H,23,27)(H,19,20,25)/b22-11-. The van der Waals surface area contributed by atoms with E-state index in [0.717, 1.165) is 6.20 Å². The molecule has 0 fully saturated rings. The molecule has 154 valence electrons. The number of aromatic nitrogens is 1. The number of halogens is 1. The Balaban J connectivity index is 2.37. The Morgan fingerprint density at radius 2 is 1.93 bits per heavy atom. The number of carbonyl (C=O) groups is 3. The number of carbonyl (C=O) groups excluding carboxylic acids is 3. The van der Waals surface area contributed by atoms with E-state index in [2.05, 4.69) is 15.4 Å². The second kappa shape index (κ2) is 10.0. The Kier molecular flexibility index (Phi) is 7.47. The van der Waals surface area contributed by atoms with E-state index in [1.54, 1.807) is 5.43 Å². The van der Waals surface area contributed by atoms with Crippen LogP contribution in [0.3, 0.4) is 0 Å². The van der Waals surface area contributed by atoms with E-state index >= 15 is 0 Å². The molecule has 2 rings (SSSR count). The summed E-state index contributed by atoms with van der Waals surface area (Å²) in [6, 6.07) is 7.73. The van der Waals surface area contributed by atoms with Crippen LogP contribution in [0.4, 0.5) is 10.1 Å². The highest BCUT2D eigenvalue weighted by molar-refractivity contribution is 7.18. The van der Waals surface area contributed by atoms with Crippen molar-refractivity contribution in [2.75, 3.05) is 5.32 Å². The number of nitro groups is 1. The Morgan fingerprint density at radius 1 is 1.27 bits per heavy atom. The number of thiazole rings is 1. The fourth-order valence-electron chi connectivity index (χ4n) is 1.99. The zero-order valence-electron chi connectivity index (χ0n) is 14.7. The first-order valence-electron chi connectivity index (χ1n) is 7.72. The molecule has 0 saturated heterocycles. The Labute approximate surface area is 176 Å². The van der Waals surface area contributed by atoms with Crippen molar-refractivity contribution in [3.05, 3.63) is 51.2 Å². The maximum Gasteiger partial charge on any atom is 0.345 e. The molecule has 3 amide bonds.